The minimum Gasteiger partial charge on any atom is -0.511 e. The van der Waals surface area contributed by atoms with Crippen molar-refractivity contribution in [2.75, 3.05) is 11.6 Å². The lowest BCUT2D eigenvalue weighted by atomic mass is 9.79. The summed E-state index contributed by atoms with van der Waals surface area (Å²) in [4.78, 5) is 15.1. The minimum absolute atomic E-state index is 0.0919. The molecule has 204 valence electrons. The average Bonchev–Trinajstić information content (AvgIpc) is 3.41. The molecule has 0 spiro atoms. The molecule has 2 aromatic rings. The van der Waals surface area contributed by atoms with Crippen LogP contribution in [0.3, 0.4) is 0 Å². The first kappa shape index (κ1) is 26.7. The Balaban J connectivity index is 1.54. The van der Waals surface area contributed by atoms with Gasteiger partial charge in [-0.2, -0.15) is 8.42 Å². The summed E-state index contributed by atoms with van der Waals surface area (Å²) in [6.45, 7) is 1.44. The maximum atomic E-state index is 13.9. The zero-order valence-corrected chi connectivity index (χ0v) is 22.7. The maximum Gasteiger partial charge on any atom is 0.287 e. The molecular formula is C23H24F2N4O6S3. The Kier molecular flexibility index (Phi) is 6.40. The number of fused-ring (bicyclic) bond motifs is 2. The number of aliphatic hydroxyl groups is 1. The van der Waals surface area contributed by atoms with Gasteiger partial charge in [-0.15, -0.1) is 15.7 Å². The Morgan fingerprint density at radius 3 is 2.74 bits per heavy atom. The van der Waals surface area contributed by atoms with Crippen LogP contribution >= 0.6 is 11.3 Å². The quantitative estimate of drug-likeness (QED) is 0.472. The third kappa shape index (κ3) is 4.50. The number of hydrogen-bond acceptors (Lipinski definition) is 8. The monoisotopic (exact) mass is 586 g/mol. The molecule has 1 saturated carbocycles. The molecular weight excluding hydrogens is 562 g/mol. The lowest BCUT2D eigenvalue weighted by Crippen LogP contribution is -2.57. The fourth-order valence-electron chi connectivity index (χ4n) is 5.34. The molecule has 3 N–H and O–H groups in total. The molecule has 1 aromatic heterocycles. The van der Waals surface area contributed by atoms with E-state index in [-0.39, 0.29) is 45.7 Å². The molecule has 2 atom stereocenters. The van der Waals surface area contributed by atoms with Crippen LogP contribution < -0.4 is 10.0 Å². The van der Waals surface area contributed by atoms with Gasteiger partial charge in [-0.3, -0.25) is 4.79 Å². The summed E-state index contributed by atoms with van der Waals surface area (Å²) in [7, 11) is -7.96. The van der Waals surface area contributed by atoms with E-state index in [1.54, 1.807) is 6.92 Å². The van der Waals surface area contributed by atoms with E-state index in [0.717, 1.165) is 29.7 Å². The molecule has 3 aliphatic rings. The first-order valence-electron chi connectivity index (χ1n) is 11.6. The van der Waals surface area contributed by atoms with Crippen LogP contribution in [-0.4, -0.2) is 50.4 Å². The molecule has 1 fully saturated rings. The normalized spacial score (nSPS) is 24.6. The Bertz CT molecular complexity index is 1630. The zero-order valence-electron chi connectivity index (χ0n) is 20.3. The summed E-state index contributed by atoms with van der Waals surface area (Å²) in [6.07, 6.45) is 2.71. The number of carbonyl (C=O) groups excluding carboxylic acids is 1. The standard InChI is InChI=1S/C23H24F2N4O6S3/c1-23-7-3-4-14(23)18(30)17(22(31)29(23)10-12-5-6-15(24)16(25)8-12)20-27-21-19(38(34,35)28-20)13(11-36-21)9-26-37(2,32)33/h5-6,8,11,14,26,30H,3-4,7,9-10H2,1-2H3,(H,27,28)/t14-,23-/m0/s1. The van der Waals surface area contributed by atoms with Gasteiger partial charge in [-0.25, -0.2) is 21.9 Å². The van der Waals surface area contributed by atoms with Crippen LogP contribution in [0.4, 0.5) is 13.8 Å². The second kappa shape index (κ2) is 9.10. The third-order valence-corrected chi connectivity index (χ3v) is 10.3. The van der Waals surface area contributed by atoms with E-state index >= 15 is 0 Å². The van der Waals surface area contributed by atoms with E-state index in [1.165, 1.54) is 16.3 Å². The number of hydrogen-bond donors (Lipinski definition) is 3. The van der Waals surface area contributed by atoms with Crippen molar-refractivity contribution < 1.29 is 35.5 Å². The number of sulfonamides is 2. The summed E-state index contributed by atoms with van der Waals surface area (Å²) >= 11 is 0.988. The van der Waals surface area contributed by atoms with Crippen molar-refractivity contribution in [3.05, 3.63) is 57.7 Å². The first-order valence-corrected chi connectivity index (χ1v) is 15.8. The third-order valence-electron chi connectivity index (χ3n) is 7.19. The number of amides is 1. The Hall–Kier alpha value is -2.88. The number of benzene rings is 1. The highest BCUT2D eigenvalue weighted by Crippen LogP contribution is 2.49. The summed E-state index contributed by atoms with van der Waals surface area (Å²) in [5.74, 6) is -3.94. The molecule has 1 aromatic carbocycles. The van der Waals surface area contributed by atoms with Crippen LogP contribution in [0.15, 0.2) is 44.2 Å². The predicted molar refractivity (Wildman–Crippen MR) is 137 cm³/mol. The minimum atomic E-state index is -4.37. The summed E-state index contributed by atoms with van der Waals surface area (Å²) < 4.78 is 82.8. The summed E-state index contributed by atoms with van der Waals surface area (Å²) in [5, 5.41) is 15.6. The highest BCUT2D eigenvalue weighted by atomic mass is 32.2. The van der Waals surface area contributed by atoms with Crippen molar-refractivity contribution in [1.82, 2.24) is 9.62 Å². The number of rotatable bonds is 6. The molecule has 2 aliphatic heterocycles. The topological polar surface area (TPSA) is 145 Å². The van der Waals surface area contributed by atoms with Crippen LogP contribution in [0.25, 0.3) is 0 Å². The van der Waals surface area contributed by atoms with Gasteiger partial charge in [0.05, 0.1) is 11.8 Å². The van der Waals surface area contributed by atoms with Gasteiger partial charge in [0.2, 0.25) is 10.0 Å². The van der Waals surface area contributed by atoms with Gasteiger partial charge < -0.3 is 15.3 Å². The molecule has 1 amide bonds. The van der Waals surface area contributed by atoms with Crippen LogP contribution in [-0.2, 0) is 37.9 Å². The van der Waals surface area contributed by atoms with Crippen molar-refractivity contribution in [2.24, 2.45) is 10.3 Å². The summed E-state index contributed by atoms with van der Waals surface area (Å²) in [5.41, 5.74) is -0.625. The molecule has 15 heteroatoms. The highest BCUT2D eigenvalue weighted by Gasteiger charge is 2.54. The van der Waals surface area contributed by atoms with Crippen molar-refractivity contribution in [3.63, 3.8) is 0 Å². The van der Waals surface area contributed by atoms with Gasteiger partial charge in [0, 0.05) is 24.6 Å². The summed E-state index contributed by atoms with van der Waals surface area (Å²) in [6, 6.07) is 3.33. The number of aliphatic hydroxyl groups excluding tert-OH is 1. The molecule has 38 heavy (non-hydrogen) atoms. The van der Waals surface area contributed by atoms with Gasteiger partial charge >= 0.3 is 0 Å². The second-order valence-corrected chi connectivity index (χ2v) is 14.0. The van der Waals surface area contributed by atoms with E-state index in [1.807, 2.05) is 0 Å². The Morgan fingerprint density at radius 1 is 1.32 bits per heavy atom. The lowest BCUT2D eigenvalue weighted by Gasteiger charge is -2.47. The number of anilines is 1. The van der Waals surface area contributed by atoms with E-state index < -0.39 is 49.0 Å². The fourth-order valence-corrected chi connectivity index (χ4v) is 8.36. The molecule has 0 unspecified atom stereocenters. The number of nitrogens with zero attached hydrogens (tertiary/aromatic N) is 2. The number of carbonyl (C=O) groups is 1. The number of nitrogens with one attached hydrogen (secondary N) is 2. The van der Waals surface area contributed by atoms with Crippen LogP contribution in [0.5, 0.6) is 0 Å². The van der Waals surface area contributed by atoms with Crippen molar-refractivity contribution in [3.8, 4) is 0 Å². The van der Waals surface area contributed by atoms with Crippen LogP contribution in [0, 0.1) is 17.6 Å². The van der Waals surface area contributed by atoms with Gasteiger partial charge in [-0.05, 0) is 42.8 Å². The van der Waals surface area contributed by atoms with Crippen molar-refractivity contribution >= 4 is 48.1 Å². The largest absolute Gasteiger partial charge is 0.511 e. The molecule has 5 rings (SSSR count). The molecule has 1 aliphatic carbocycles. The van der Waals surface area contributed by atoms with E-state index in [0.29, 0.717) is 24.8 Å². The second-order valence-electron chi connectivity index (χ2n) is 9.75. The van der Waals surface area contributed by atoms with E-state index in [9.17, 15) is 35.5 Å². The highest BCUT2D eigenvalue weighted by molar-refractivity contribution is 7.91. The number of amidine groups is 1. The van der Waals surface area contributed by atoms with Crippen molar-refractivity contribution in [2.45, 2.75) is 49.7 Å². The molecule has 10 nitrogen and oxygen atoms in total. The molecule has 0 saturated heterocycles. The van der Waals surface area contributed by atoms with Gasteiger partial charge in [0.25, 0.3) is 15.9 Å². The van der Waals surface area contributed by atoms with Gasteiger partial charge in [-0.1, -0.05) is 12.5 Å². The van der Waals surface area contributed by atoms with E-state index in [4.69, 9.17) is 0 Å². The number of thiophene rings is 1. The predicted octanol–water partition coefficient (Wildman–Crippen LogP) is 3.00. The first-order chi connectivity index (χ1) is 17.7. The maximum absolute atomic E-state index is 13.9. The molecule has 3 heterocycles. The fraction of sp³-hybridized carbons (Fsp3) is 0.391. The molecule has 0 bridgehead atoms. The van der Waals surface area contributed by atoms with E-state index in [2.05, 4.69) is 14.4 Å². The van der Waals surface area contributed by atoms with Crippen molar-refractivity contribution in [1.29, 1.82) is 0 Å². The average molecular weight is 587 g/mol. The van der Waals surface area contributed by atoms with Gasteiger partial charge in [0.1, 0.15) is 21.2 Å². The molecule has 0 radical (unpaired) electrons. The Labute approximate surface area is 222 Å². The zero-order chi connectivity index (χ0) is 27.6. The van der Waals surface area contributed by atoms with Gasteiger partial charge in [0.15, 0.2) is 17.5 Å². The Morgan fingerprint density at radius 2 is 2.05 bits per heavy atom. The van der Waals surface area contributed by atoms with Crippen LogP contribution in [0.1, 0.15) is 37.3 Å². The SMILES string of the molecule is C[C@]12CCC[C@H]1C(O)=C(C1=NS(=O)(=O)c3c(CNS(C)(=O)=O)csc3N1)C(=O)N2Cc1ccc(F)c(F)c1. The van der Waals surface area contributed by atoms with Crippen LogP contribution in [0.2, 0.25) is 0 Å². The smallest absolute Gasteiger partial charge is 0.287 e. The number of halogens is 2. The lowest BCUT2D eigenvalue weighted by molar-refractivity contribution is -0.137.